The molecular formula is C15H23NO2. The SMILES string of the molecule is C=CCNC(c1ccccc1)C(OCC)OCC. The normalized spacial score (nSPS) is 12.6. The maximum atomic E-state index is 5.68. The fraction of sp³-hybridized carbons (Fsp3) is 0.467. The Kier molecular flexibility index (Phi) is 7.34. The van der Waals surface area contributed by atoms with Crippen molar-refractivity contribution < 1.29 is 9.47 Å². The predicted octanol–water partition coefficient (Wildman–Crippen LogP) is 2.90. The van der Waals surface area contributed by atoms with Gasteiger partial charge in [-0.05, 0) is 19.4 Å². The van der Waals surface area contributed by atoms with Crippen molar-refractivity contribution in [2.45, 2.75) is 26.2 Å². The minimum atomic E-state index is -0.276. The van der Waals surface area contributed by atoms with Crippen molar-refractivity contribution in [1.82, 2.24) is 5.32 Å². The second-order valence-electron chi connectivity index (χ2n) is 3.86. The highest BCUT2D eigenvalue weighted by atomic mass is 16.7. The average molecular weight is 249 g/mol. The Morgan fingerprint density at radius 2 is 1.78 bits per heavy atom. The molecule has 0 heterocycles. The minimum Gasteiger partial charge on any atom is -0.351 e. The second kappa shape index (κ2) is 8.86. The highest BCUT2D eigenvalue weighted by molar-refractivity contribution is 5.19. The van der Waals surface area contributed by atoms with Crippen LogP contribution in [0.15, 0.2) is 43.0 Å². The van der Waals surface area contributed by atoms with Gasteiger partial charge in [0, 0.05) is 19.8 Å². The Hall–Kier alpha value is -1.16. The van der Waals surface area contributed by atoms with E-state index < -0.39 is 0 Å². The van der Waals surface area contributed by atoms with Gasteiger partial charge in [-0.25, -0.2) is 0 Å². The van der Waals surface area contributed by atoms with E-state index in [-0.39, 0.29) is 12.3 Å². The van der Waals surface area contributed by atoms with E-state index in [9.17, 15) is 0 Å². The maximum Gasteiger partial charge on any atom is 0.176 e. The first-order valence-electron chi connectivity index (χ1n) is 6.45. The summed E-state index contributed by atoms with van der Waals surface area (Å²) in [5.41, 5.74) is 1.16. The molecule has 1 unspecified atom stereocenters. The molecule has 0 bridgehead atoms. The molecule has 3 nitrogen and oxygen atoms in total. The van der Waals surface area contributed by atoms with Gasteiger partial charge in [-0.2, -0.15) is 0 Å². The lowest BCUT2D eigenvalue weighted by Crippen LogP contribution is -2.36. The van der Waals surface area contributed by atoms with Gasteiger partial charge in [0.15, 0.2) is 6.29 Å². The van der Waals surface area contributed by atoms with Crippen LogP contribution < -0.4 is 5.32 Å². The van der Waals surface area contributed by atoms with E-state index in [0.717, 1.165) is 12.1 Å². The van der Waals surface area contributed by atoms with E-state index in [2.05, 4.69) is 24.0 Å². The molecule has 3 heteroatoms. The van der Waals surface area contributed by atoms with E-state index in [1.165, 1.54) is 0 Å². The van der Waals surface area contributed by atoms with Gasteiger partial charge in [0.1, 0.15) is 0 Å². The van der Waals surface area contributed by atoms with Crippen LogP contribution in [0.3, 0.4) is 0 Å². The zero-order valence-electron chi connectivity index (χ0n) is 11.3. The van der Waals surface area contributed by atoms with Crippen molar-refractivity contribution in [3.8, 4) is 0 Å². The summed E-state index contributed by atoms with van der Waals surface area (Å²) in [4.78, 5) is 0. The van der Waals surface area contributed by atoms with E-state index in [1.807, 2.05) is 38.1 Å². The smallest absolute Gasteiger partial charge is 0.176 e. The third-order valence-corrected chi connectivity index (χ3v) is 2.57. The Morgan fingerprint density at radius 3 is 2.28 bits per heavy atom. The molecule has 0 aromatic heterocycles. The second-order valence-corrected chi connectivity index (χ2v) is 3.86. The van der Waals surface area contributed by atoms with Crippen molar-refractivity contribution in [3.05, 3.63) is 48.6 Å². The number of rotatable bonds is 9. The zero-order chi connectivity index (χ0) is 13.2. The van der Waals surface area contributed by atoms with Crippen LogP contribution in [0, 0.1) is 0 Å². The third kappa shape index (κ3) is 4.61. The molecule has 0 radical (unpaired) electrons. The van der Waals surface area contributed by atoms with Gasteiger partial charge in [-0.3, -0.25) is 0 Å². The first-order valence-corrected chi connectivity index (χ1v) is 6.45. The first kappa shape index (κ1) is 14.9. The van der Waals surface area contributed by atoms with Crippen molar-refractivity contribution >= 4 is 0 Å². The fourth-order valence-corrected chi connectivity index (χ4v) is 1.81. The van der Waals surface area contributed by atoms with Gasteiger partial charge in [-0.15, -0.1) is 6.58 Å². The molecule has 1 aromatic carbocycles. The summed E-state index contributed by atoms with van der Waals surface area (Å²) in [7, 11) is 0. The van der Waals surface area contributed by atoms with Crippen LogP contribution in [0.1, 0.15) is 25.5 Å². The Bertz CT molecular complexity index is 321. The van der Waals surface area contributed by atoms with Crippen LogP contribution in [0.4, 0.5) is 0 Å². The van der Waals surface area contributed by atoms with Crippen LogP contribution in [0.5, 0.6) is 0 Å². The van der Waals surface area contributed by atoms with Crippen molar-refractivity contribution in [2.24, 2.45) is 0 Å². The Balaban J connectivity index is 2.83. The maximum absolute atomic E-state index is 5.68. The highest BCUT2D eigenvalue weighted by Crippen LogP contribution is 2.20. The summed E-state index contributed by atoms with van der Waals surface area (Å²) < 4.78 is 11.4. The molecule has 1 rings (SSSR count). The fourth-order valence-electron chi connectivity index (χ4n) is 1.81. The van der Waals surface area contributed by atoms with Gasteiger partial charge >= 0.3 is 0 Å². The van der Waals surface area contributed by atoms with Crippen LogP contribution in [0.2, 0.25) is 0 Å². The standard InChI is InChI=1S/C15H23NO2/c1-4-12-16-14(13-10-8-7-9-11-13)15(17-5-2)18-6-3/h4,7-11,14-16H,1,5-6,12H2,2-3H3. The summed E-state index contributed by atoms with van der Waals surface area (Å²) in [6.45, 7) is 9.66. The molecule has 1 atom stereocenters. The van der Waals surface area contributed by atoms with E-state index in [0.29, 0.717) is 13.2 Å². The van der Waals surface area contributed by atoms with E-state index in [4.69, 9.17) is 9.47 Å². The Labute approximate surface area is 110 Å². The molecule has 1 aromatic rings. The first-order chi connectivity index (χ1) is 8.83. The van der Waals surface area contributed by atoms with Crippen molar-refractivity contribution in [3.63, 3.8) is 0 Å². The molecule has 18 heavy (non-hydrogen) atoms. The van der Waals surface area contributed by atoms with Gasteiger partial charge in [0.2, 0.25) is 0 Å². The lowest BCUT2D eigenvalue weighted by Gasteiger charge is -2.27. The van der Waals surface area contributed by atoms with Crippen LogP contribution in [0.25, 0.3) is 0 Å². The van der Waals surface area contributed by atoms with Crippen LogP contribution in [-0.4, -0.2) is 26.0 Å². The van der Waals surface area contributed by atoms with Gasteiger partial charge < -0.3 is 14.8 Å². The molecule has 0 saturated carbocycles. The molecule has 100 valence electrons. The molecule has 0 saturated heterocycles. The van der Waals surface area contributed by atoms with Gasteiger partial charge in [-0.1, -0.05) is 36.4 Å². The van der Waals surface area contributed by atoms with Gasteiger partial charge in [0.25, 0.3) is 0 Å². The molecule has 1 N–H and O–H groups in total. The summed E-state index contributed by atoms with van der Waals surface area (Å²) in [5, 5.41) is 3.39. The zero-order valence-corrected chi connectivity index (χ0v) is 11.3. The average Bonchev–Trinajstić information content (AvgIpc) is 2.41. The molecular weight excluding hydrogens is 226 g/mol. The van der Waals surface area contributed by atoms with Crippen molar-refractivity contribution in [1.29, 1.82) is 0 Å². The number of hydrogen-bond donors (Lipinski definition) is 1. The van der Waals surface area contributed by atoms with Crippen molar-refractivity contribution in [2.75, 3.05) is 19.8 Å². The highest BCUT2D eigenvalue weighted by Gasteiger charge is 2.23. The third-order valence-electron chi connectivity index (χ3n) is 2.57. The molecule has 0 aliphatic carbocycles. The summed E-state index contributed by atoms with van der Waals surface area (Å²) in [6.07, 6.45) is 1.56. The number of benzene rings is 1. The minimum absolute atomic E-state index is 0.0177. The monoisotopic (exact) mass is 249 g/mol. The molecule has 0 fully saturated rings. The quantitative estimate of drug-likeness (QED) is 0.539. The van der Waals surface area contributed by atoms with E-state index in [1.54, 1.807) is 0 Å². The van der Waals surface area contributed by atoms with Gasteiger partial charge in [0.05, 0.1) is 6.04 Å². The van der Waals surface area contributed by atoms with Crippen LogP contribution >= 0.6 is 0 Å². The topological polar surface area (TPSA) is 30.5 Å². The molecule has 0 aliphatic rings. The Morgan fingerprint density at radius 1 is 1.17 bits per heavy atom. The predicted molar refractivity (Wildman–Crippen MR) is 74.4 cm³/mol. The largest absolute Gasteiger partial charge is 0.351 e. The number of hydrogen-bond acceptors (Lipinski definition) is 3. The molecule has 0 aliphatic heterocycles. The summed E-state index contributed by atoms with van der Waals surface area (Å²) >= 11 is 0. The summed E-state index contributed by atoms with van der Waals surface area (Å²) in [6, 6.07) is 10.2. The van der Waals surface area contributed by atoms with E-state index >= 15 is 0 Å². The summed E-state index contributed by atoms with van der Waals surface area (Å²) in [5.74, 6) is 0. The lowest BCUT2D eigenvalue weighted by atomic mass is 10.1. The molecule has 0 amide bonds. The lowest BCUT2D eigenvalue weighted by molar-refractivity contribution is -0.154. The number of nitrogens with one attached hydrogen (secondary N) is 1. The molecule has 0 spiro atoms. The van der Waals surface area contributed by atoms with Crippen LogP contribution in [-0.2, 0) is 9.47 Å². The number of ether oxygens (including phenoxy) is 2.